The number of hydrogen-bond donors (Lipinski definition) is 0. The number of nitriles is 1. The van der Waals surface area contributed by atoms with Gasteiger partial charge in [0.2, 0.25) is 5.91 Å². The first kappa shape index (κ1) is 14.1. The molecule has 0 radical (unpaired) electrons. The van der Waals surface area contributed by atoms with E-state index in [1.807, 2.05) is 11.1 Å². The molecule has 1 aromatic heterocycles. The smallest absolute Gasteiger partial charge is 0.243 e. The SMILES string of the molecule is CCc1cnn(C2(C)CCN(C(=O)C3(C#N)CC3)CC2)c1. The zero-order valence-electron chi connectivity index (χ0n) is 12.8. The third-order valence-corrected chi connectivity index (χ3v) is 5.10. The first-order valence-electron chi connectivity index (χ1n) is 7.78. The second-order valence-electron chi connectivity index (χ2n) is 6.63. The minimum absolute atomic E-state index is 0.0203. The molecule has 0 spiro atoms. The number of likely N-dealkylation sites (tertiary alicyclic amines) is 1. The summed E-state index contributed by atoms with van der Waals surface area (Å²) in [6.45, 7) is 5.78. The predicted octanol–water partition coefficient (Wildman–Crippen LogP) is 2.09. The second kappa shape index (κ2) is 4.87. The van der Waals surface area contributed by atoms with Crippen LogP contribution in [0.4, 0.5) is 0 Å². The maximum Gasteiger partial charge on any atom is 0.243 e. The number of aryl methyl sites for hydroxylation is 1. The van der Waals surface area contributed by atoms with Crippen LogP contribution in [0.15, 0.2) is 12.4 Å². The molecule has 5 heteroatoms. The van der Waals surface area contributed by atoms with Gasteiger partial charge in [-0.2, -0.15) is 10.4 Å². The van der Waals surface area contributed by atoms with Crippen LogP contribution in [0.1, 0.15) is 45.1 Å². The summed E-state index contributed by atoms with van der Waals surface area (Å²) < 4.78 is 2.06. The summed E-state index contributed by atoms with van der Waals surface area (Å²) in [5, 5.41) is 13.6. The van der Waals surface area contributed by atoms with E-state index in [2.05, 4.69) is 35.9 Å². The molecular formula is C16H22N4O. The topological polar surface area (TPSA) is 61.9 Å². The molecule has 1 saturated heterocycles. The zero-order chi connectivity index (χ0) is 15.1. The van der Waals surface area contributed by atoms with E-state index in [1.54, 1.807) is 0 Å². The van der Waals surface area contributed by atoms with E-state index >= 15 is 0 Å². The van der Waals surface area contributed by atoms with E-state index in [9.17, 15) is 4.79 Å². The number of hydrogen-bond acceptors (Lipinski definition) is 3. The molecule has 0 atom stereocenters. The molecule has 1 aromatic rings. The largest absolute Gasteiger partial charge is 0.341 e. The van der Waals surface area contributed by atoms with Gasteiger partial charge in [-0.3, -0.25) is 9.48 Å². The molecule has 1 amide bonds. The summed E-state index contributed by atoms with van der Waals surface area (Å²) in [7, 11) is 0. The Labute approximate surface area is 125 Å². The number of amides is 1. The molecule has 2 heterocycles. The van der Waals surface area contributed by atoms with Crippen molar-refractivity contribution in [1.82, 2.24) is 14.7 Å². The highest BCUT2D eigenvalue weighted by atomic mass is 16.2. The highest BCUT2D eigenvalue weighted by Gasteiger charge is 2.53. The molecule has 2 fully saturated rings. The lowest BCUT2D eigenvalue weighted by Gasteiger charge is -2.40. The summed E-state index contributed by atoms with van der Waals surface area (Å²) in [4.78, 5) is 14.3. The Kier molecular flexibility index (Phi) is 3.27. The number of piperidine rings is 1. The minimum Gasteiger partial charge on any atom is -0.341 e. The van der Waals surface area contributed by atoms with Crippen molar-refractivity contribution in [2.24, 2.45) is 5.41 Å². The lowest BCUT2D eigenvalue weighted by molar-refractivity contribution is -0.137. The Balaban J connectivity index is 1.67. The molecule has 3 rings (SSSR count). The Morgan fingerprint density at radius 2 is 2.05 bits per heavy atom. The predicted molar refractivity (Wildman–Crippen MR) is 78.3 cm³/mol. The molecule has 1 saturated carbocycles. The number of carbonyl (C=O) groups is 1. The van der Waals surface area contributed by atoms with Gasteiger partial charge in [-0.15, -0.1) is 0 Å². The van der Waals surface area contributed by atoms with Gasteiger partial charge in [0.1, 0.15) is 5.41 Å². The molecule has 0 N–H and O–H groups in total. The normalized spacial score (nSPS) is 22.6. The van der Waals surface area contributed by atoms with Gasteiger partial charge in [0.25, 0.3) is 0 Å². The molecule has 112 valence electrons. The maximum absolute atomic E-state index is 12.4. The quantitative estimate of drug-likeness (QED) is 0.854. The van der Waals surface area contributed by atoms with Crippen molar-refractivity contribution in [2.75, 3.05) is 13.1 Å². The van der Waals surface area contributed by atoms with Gasteiger partial charge in [-0.25, -0.2) is 0 Å². The lowest BCUT2D eigenvalue weighted by atomic mass is 9.89. The van der Waals surface area contributed by atoms with E-state index in [-0.39, 0.29) is 11.4 Å². The molecule has 0 bridgehead atoms. The van der Waals surface area contributed by atoms with Crippen LogP contribution in [-0.4, -0.2) is 33.7 Å². The van der Waals surface area contributed by atoms with Crippen LogP contribution in [-0.2, 0) is 16.8 Å². The Morgan fingerprint density at radius 1 is 1.38 bits per heavy atom. The van der Waals surface area contributed by atoms with Gasteiger partial charge in [0.15, 0.2) is 0 Å². The highest BCUT2D eigenvalue weighted by Crippen LogP contribution is 2.47. The summed E-state index contributed by atoms with van der Waals surface area (Å²) >= 11 is 0. The molecule has 2 aliphatic rings. The number of rotatable bonds is 3. The van der Waals surface area contributed by atoms with Crippen LogP contribution in [0, 0.1) is 16.7 Å². The fraction of sp³-hybridized carbons (Fsp3) is 0.688. The summed E-state index contributed by atoms with van der Waals surface area (Å²) in [5.41, 5.74) is 0.540. The van der Waals surface area contributed by atoms with Crippen molar-refractivity contribution in [2.45, 2.75) is 51.5 Å². The first-order valence-corrected chi connectivity index (χ1v) is 7.78. The monoisotopic (exact) mass is 286 g/mol. The van der Waals surface area contributed by atoms with Crippen LogP contribution < -0.4 is 0 Å². The van der Waals surface area contributed by atoms with Crippen molar-refractivity contribution in [3.05, 3.63) is 18.0 Å². The fourth-order valence-corrected chi connectivity index (χ4v) is 3.06. The van der Waals surface area contributed by atoms with E-state index in [1.165, 1.54) is 5.56 Å². The van der Waals surface area contributed by atoms with Gasteiger partial charge in [0, 0.05) is 19.3 Å². The van der Waals surface area contributed by atoms with Crippen LogP contribution in [0.3, 0.4) is 0 Å². The summed E-state index contributed by atoms with van der Waals surface area (Å²) in [6, 6.07) is 2.20. The first-order chi connectivity index (χ1) is 10.0. The molecule has 1 aliphatic carbocycles. The van der Waals surface area contributed by atoms with E-state index in [0.29, 0.717) is 0 Å². The fourth-order valence-electron chi connectivity index (χ4n) is 3.06. The lowest BCUT2D eigenvalue weighted by Crippen LogP contribution is -2.48. The van der Waals surface area contributed by atoms with Gasteiger partial charge in [-0.05, 0) is 44.6 Å². The molecule has 5 nitrogen and oxygen atoms in total. The van der Waals surface area contributed by atoms with Crippen LogP contribution in [0.25, 0.3) is 0 Å². The zero-order valence-corrected chi connectivity index (χ0v) is 12.8. The highest BCUT2D eigenvalue weighted by molar-refractivity contribution is 5.88. The second-order valence-corrected chi connectivity index (χ2v) is 6.63. The molecule has 0 aromatic carbocycles. The van der Waals surface area contributed by atoms with Gasteiger partial charge in [0.05, 0.1) is 17.8 Å². The van der Waals surface area contributed by atoms with Gasteiger partial charge < -0.3 is 4.90 Å². The number of carbonyl (C=O) groups excluding carboxylic acids is 1. The summed E-state index contributed by atoms with van der Waals surface area (Å²) in [6.07, 6.45) is 8.29. The number of aromatic nitrogens is 2. The van der Waals surface area contributed by atoms with Crippen molar-refractivity contribution in [3.63, 3.8) is 0 Å². The minimum atomic E-state index is -0.686. The van der Waals surface area contributed by atoms with Crippen LogP contribution >= 0.6 is 0 Å². The van der Waals surface area contributed by atoms with E-state index in [4.69, 9.17) is 5.26 Å². The Hall–Kier alpha value is -1.83. The Bertz CT molecular complexity index is 586. The van der Waals surface area contributed by atoms with E-state index in [0.717, 1.165) is 45.2 Å². The third-order valence-electron chi connectivity index (χ3n) is 5.10. The molecule has 0 unspecified atom stereocenters. The standard InChI is InChI=1S/C16H22N4O/c1-3-13-10-18-20(11-13)15(2)6-8-19(9-7-15)14(21)16(12-17)4-5-16/h10-11H,3-9H2,1-2H3. The molecule has 21 heavy (non-hydrogen) atoms. The van der Waals surface area contributed by atoms with Gasteiger partial charge in [-0.1, -0.05) is 6.92 Å². The average molecular weight is 286 g/mol. The van der Waals surface area contributed by atoms with Gasteiger partial charge >= 0.3 is 0 Å². The number of nitrogens with zero attached hydrogens (tertiary/aromatic N) is 4. The Morgan fingerprint density at radius 3 is 2.52 bits per heavy atom. The molecule has 1 aliphatic heterocycles. The molecular weight excluding hydrogens is 264 g/mol. The van der Waals surface area contributed by atoms with Crippen molar-refractivity contribution in [1.29, 1.82) is 5.26 Å². The maximum atomic E-state index is 12.4. The van der Waals surface area contributed by atoms with Crippen molar-refractivity contribution in [3.8, 4) is 6.07 Å². The van der Waals surface area contributed by atoms with Crippen molar-refractivity contribution >= 4 is 5.91 Å². The van der Waals surface area contributed by atoms with Crippen molar-refractivity contribution < 1.29 is 4.79 Å². The summed E-state index contributed by atoms with van der Waals surface area (Å²) in [5.74, 6) is 0.0433. The van der Waals surface area contributed by atoms with E-state index < -0.39 is 5.41 Å². The van der Waals surface area contributed by atoms with Crippen LogP contribution in [0.5, 0.6) is 0 Å². The average Bonchev–Trinajstić information content (AvgIpc) is 3.15. The third kappa shape index (κ3) is 2.33. The van der Waals surface area contributed by atoms with Crippen LogP contribution in [0.2, 0.25) is 0 Å².